The Bertz CT molecular complexity index is 1020. The lowest BCUT2D eigenvalue weighted by atomic mass is 10.1. The normalized spacial score (nSPS) is 15.2. The molecule has 9 heteroatoms. The number of amides is 1. The highest BCUT2D eigenvalue weighted by Crippen LogP contribution is 2.43. The van der Waals surface area contributed by atoms with Crippen molar-refractivity contribution in [1.82, 2.24) is 5.32 Å². The number of nitrogens with zero attached hydrogens (tertiary/aromatic N) is 1. The third kappa shape index (κ3) is 36.4. The van der Waals surface area contributed by atoms with Gasteiger partial charge in [-0.2, -0.15) is 0 Å². The number of allylic oxidation sites excluding steroid dienone is 9. The maximum absolute atomic E-state index is 12.8. The number of unbranched alkanes of at least 4 members (excludes halogenated alkanes) is 14. The molecule has 1 amide bonds. The molecule has 0 radical (unpaired) electrons. The van der Waals surface area contributed by atoms with Crippen LogP contribution in [0.4, 0.5) is 0 Å². The minimum absolute atomic E-state index is 0.0491. The molecular formula is C42H78N2O6P+. The van der Waals surface area contributed by atoms with Gasteiger partial charge in [-0.1, -0.05) is 132 Å². The van der Waals surface area contributed by atoms with Crippen molar-refractivity contribution in [2.75, 3.05) is 40.9 Å². The highest BCUT2D eigenvalue weighted by molar-refractivity contribution is 7.47. The van der Waals surface area contributed by atoms with Crippen molar-refractivity contribution in [2.24, 2.45) is 0 Å². The molecule has 0 aliphatic carbocycles. The fourth-order valence-electron chi connectivity index (χ4n) is 5.17. The Balaban J connectivity index is 4.51. The van der Waals surface area contributed by atoms with Crippen LogP contribution in [0.5, 0.6) is 0 Å². The van der Waals surface area contributed by atoms with Crippen molar-refractivity contribution in [1.29, 1.82) is 0 Å². The molecule has 51 heavy (non-hydrogen) atoms. The Hall–Kier alpha value is -1.80. The van der Waals surface area contributed by atoms with Gasteiger partial charge in [0.2, 0.25) is 5.91 Å². The second kappa shape index (κ2) is 34.0. The van der Waals surface area contributed by atoms with E-state index < -0.39 is 20.0 Å². The van der Waals surface area contributed by atoms with Crippen LogP contribution in [0.3, 0.4) is 0 Å². The number of aliphatic hydroxyl groups excluding tert-OH is 1. The Labute approximate surface area is 313 Å². The van der Waals surface area contributed by atoms with Crippen LogP contribution in [-0.2, 0) is 18.4 Å². The van der Waals surface area contributed by atoms with E-state index in [0.29, 0.717) is 17.4 Å². The van der Waals surface area contributed by atoms with Gasteiger partial charge in [-0.3, -0.25) is 13.8 Å². The molecule has 0 rings (SSSR count). The monoisotopic (exact) mass is 738 g/mol. The fourth-order valence-corrected chi connectivity index (χ4v) is 5.90. The molecule has 0 fully saturated rings. The lowest BCUT2D eigenvalue weighted by Crippen LogP contribution is -2.45. The van der Waals surface area contributed by atoms with Crippen LogP contribution >= 0.6 is 7.82 Å². The fraction of sp³-hybridized carbons (Fsp3) is 0.738. The number of likely N-dealkylation sites (N-methyl/N-ethyl adjacent to an activating group) is 1. The molecule has 3 N–H and O–H groups in total. The lowest BCUT2D eigenvalue weighted by molar-refractivity contribution is -0.870. The van der Waals surface area contributed by atoms with E-state index in [2.05, 4.69) is 67.8 Å². The van der Waals surface area contributed by atoms with Gasteiger partial charge < -0.3 is 19.8 Å². The number of hydrogen-bond donors (Lipinski definition) is 3. The summed E-state index contributed by atoms with van der Waals surface area (Å²) in [5.74, 6) is -0.205. The summed E-state index contributed by atoms with van der Waals surface area (Å²) >= 11 is 0. The Morgan fingerprint density at radius 1 is 0.667 bits per heavy atom. The molecule has 0 aromatic carbocycles. The van der Waals surface area contributed by atoms with Crippen molar-refractivity contribution in [3.63, 3.8) is 0 Å². The third-order valence-electron chi connectivity index (χ3n) is 8.42. The molecule has 0 saturated carbocycles. The third-order valence-corrected chi connectivity index (χ3v) is 9.40. The first-order chi connectivity index (χ1) is 24.5. The minimum atomic E-state index is -4.35. The number of nitrogens with one attached hydrogen (secondary N) is 1. The van der Waals surface area contributed by atoms with E-state index in [-0.39, 0.29) is 19.1 Å². The molecule has 0 heterocycles. The Morgan fingerprint density at radius 2 is 1.18 bits per heavy atom. The van der Waals surface area contributed by atoms with Crippen molar-refractivity contribution in [3.05, 3.63) is 60.8 Å². The molecule has 0 aliphatic rings. The van der Waals surface area contributed by atoms with E-state index in [1.54, 1.807) is 6.08 Å². The zero-order valence-corrected chi connectivity index (χ0v) is 34.2. The van der Waals surface area contributed by atoms with Crippen molar-refractivity contribution in [3.8, 4) is 0 Å². The highest BCUT2D eigenvalue weighted by atomic mass is 31.2. The van der Waals surface area contributed by atoms with Gasteiger partial charge in [-0.15, -0.1) is 0 Å². The number of hydrogen-bond acceptors (Lipinski definition) is 5. The summed E-state index contributed by atoms with van der Waals surface area (Å²) in [6.45, 7) is 4.65. The lowest BCUT2D eigenvalue weighted by Gasteiger charge is -2.25. The van der Waals surface area contributed by atoms with Gasteiger partial charge in [0.05, 0.1) is 39.9 Å². The molecule has 0 spiro atoms. The van der Waals surface area contributed by atoms with Gasteiger partial charge in [0.25, 0.3) is 0 Å². The molecular weight excluding hydrogens is 659 g/mol. The van der Waals surface area contributed by atoms with Gasteiger partial charge >= 0.3 is 7.82 Å². The van der Waals surface area contributed by atoms with E-state index in [9.17, 15) is 19.4 Å². The average molecular weight is 738 g/mol. The van der Waals surface area contributed by atoms with Crippen LogP contribution in [0.1, 0.15) is 149 Å². The zero-order chi connectivity index (χ0) is 37.9. The second-order valence-electron chi connectivity index (χ2n) is 14.6. The molecule has 0 saturated heterocycles. The summed E-state index contributed by atoms with van der Waals surface area (Å²) in [7, 11) is 1.53. The molecule has 296 valence electrons. The Kier molecular flexibility index (Phi) is 32.8. The number of quaternary nitrogens is 1. The van der Waals surface area contributed by atoms with Crippen molar-refractivity contribution in [2.45, 2.75) is 161 Å². The first-order valence-electron chi connectivity index (χ1n) is 20.2. The van der Waals surface area contributed by atoms with Gasteiger partial charge in [-0.05, 0) is 70.6 Å². The average Bonchev–Trinajstić information content (AvgIpc) is 3.07. The molecule has 3 unspecified atom stereocenters. The largest absolute Gasteiger partial charge is 0.472 e. The van der Waals surface area contributed by atoms with E-state index in [4.69, 9.17) is 9.05 Å². The van der Waals surface area contributed by atoms with Crippen LogP contribution in [0.15, 0.2) is 60.8 Å². The SMILES string of the molecule is CCC/C=C/CC/C=C/CC/C=C/C(O)C(COP(=O)(O)OCC[N+](C)(C)C)NC(=O)CCCCCCCCC/C=C\C/C=C\CCCCCC. The number of rotatable bonds is 35. The predicted octanol–water partition coefficient (Wildman–Crippen LogP) is 10.7. The predicted molar refractivity (Wildman–Crippen MR) is 217 cm³/mol. The first kappa shape index (κ1) is 49.2. The minimum Gasteiger partial charge on any atom is -0.387 e. The van der Waals surface area contributed by atoms with E-state index in [0.717, 1.165) is 70.6 Å². The molecule has 0 bridgehead atoms. The molecule has 0 aromatic rings. The maximum atomic E-state index is 12.8. The van der Waals surface area contributed by atoms with Gasteiger partial charge in [0.15, 0.2) is 0 Å². The quantitative estimate of drug-likeness (QED) is 0.0259. The topological polar surface area (TPSA) is 105 Å². The maximum Gasteiger partial charge on any atom is 0.472 e. The van der Waals surface area contributed by atoms with Gasteiger partial charge in [-0.25, -0.2) is 4.57 Å². The van der Waals surface area contributed by atoms with Crippen molar-refractivity contribution < 1.29 is 32.9 Å². The molecule has 3 atom stereocenters. The number of phosphoric acid groups is 1. The van der Waals surface area contributed by atoms with Crippen LogP contribution < -0.4 is 5.32 Å². The summed E-state index contributed by atoms with van der Waals surface area (Å²) in [6.07, 6.45) is 42.9. The zero-order valence-electron chi connectivity index (χ0n) is 33.3. The van der Waals surface area contributed by atoms with Crippen LogP contribution in [-0.4, -0.2) is 73.4 Å². The van der Waals surface area contributed by atoms with E-state index in [1.807, 2.05) is 27.2 Å². The first-order valence-corrected chi connectivity index (χ1v) is 21.7. The number of aliphatic hydroxyl groups is 1. The van der Waals surface area contributed by atoms with E-state index >= 15 is 0 Å². The summed E-state index contributed by atoms with van der Waals surface area (Å²) in [5.41, 5.74) is 0. The second-order valence-corrected chi connectivity index (χ2v) is 16.1. The van der Waals surface area contributed by atoms with E-state index in [1.165, 1.54) is 57.8 Å². The van der Waals surface area contributed by atoms with Crippen molar-refractivity contribution >= 4 is 13.7 Å². The summed E-state index contributed by atoms with van der Waals surface area (Å²) in [5, 5.41) is 13.7. The molecule has 8 nitrogen and oxygen atoms in total. The summed E-state index contributed by atoms with van der Waals surface area (Å²) < 4.78 is 23.4. The summed E-state index contributed by atoms with van der Waals surface area (Å²) in [4.78, 5) is 23.0. The number of carbonyl (C=O) groups excluding carboxylic acids is 1. The highest BCUT2D eigenvalue weighted by Gasteiger charge is 2.27. The smallest absolute Gasteiger partial charge is 0.387 e. The standard InChI is InChI=1S/C42H77N2O6P/c1-6-8-10-12-14-16-18-19-20-21-22-23-24-26-28-30-32-34-36-42(46)43-40(39-50-51(47,48)49-38-37-44(3,4)5)41(45)35-33-31-29-27-25-17-15-13-11-9-7-2/h11,13,16,18,20-21,25,27,33,35,40-41,45H,6-10,12,14-15,17,19,22-24,26,28-32,34,36-39H2,1-5H3,(H-,43,46,47,48)/p+1/b13-11+,18-16-,21-20-,27-25+,35-33+. The summed E-state index contributed by atoms with van der Waals surface area (Å²) in [6, 6.07) is -0.873. The Morgan fingerprint density at radius 3 is 1.75 bits per heavy atom. The van der Waals surface area contributed by atoms with Crippen LogP contribution in [0, 0.1) is 0 Å². The van der Waals surface area contributed by atoms with Gasteiger partial charge in [0.1, 0.15) is 13.2 Å². The van der Waals surface area contributed by atoms with Crippen LogP contribution in [0.25, 0.3) is 0 Å². The van der Waals surface area contributed by atoms with Crippen LogP contribution in [0.2, 0.25) is 0 Å². The number of carbonyl (C=O) groups is 1. The molecule has 0 aromatic heterocycles. The molecule has 0 aliphatic heterocycles. The number of phosphoric ester groups is 1. The van der Waals surface area contributed by atoms with Gasteiger partial charge in [0, 0.05) is 6.42 Å².